The van der Waals surface area contributed by atoms with Gasteiger partial charge in [-0.15, -0.1) is 0 Å². The second-order valence-corrected chi connectivity index (χ2v) is 8.64. The monoisotopic (exact) mass is 428 g/mol. The lowest BCUT2D eigenvalue weighted by atomic mass is 9.96. The molecular formula is C25H28N6O. The third-order valence-corrected chi connectivity index (χ3v) is 6.49. The first-order valence-electron chi connectivity index (χ1n) is 11.0. The van der Waals surface area contributed by atoms with Gasteiger partial charge >= 0.3 is 0 Å². The minimum atomic E-state index is -0.423. The molecule has 5 rings (SSSR count). The van der Waals surface area contributed by atoms with E-state index in [1.165, 1.54) is 5.56 Å². The highest BCUT2D eigenvalue weighted by atomic mass is 16.2. The third kappa shape index (κ3) is 3.80. The molecule has 1 unspecified atom stereocenters. The fraction of sp³-hybridized carbons (Fsp3) is 0.320. The first kappa shape index (κ1) is 20.5. The predicted octanol–water partition coefficient (Wildman–Crippen LogP) is 3.13. The smallest absolute Gasteiger partial charge is 0.274 e. The van der Waals surface area contributed by atoms with Crippen molar-refractivity contribution in [2.75, 3.05) is 18.4 Å². The number of hydrogen-bond acceptors (Lipinski definition) is 4. The first-order chi connectivity index (χ1) is 15.5. The topological polar surface area (TPSA) is 74.6 Å². The van der Waals surface area contributed by atoms with E-state index in [9.17, 15) is 4.79 Å². The summed E-state index contributed by atoms with van der Waals surface area (Å²) in [6.45, 7) is 4.47. The number of anilines is 1. The predicted molar refractivity (Wildman–Crippen MR) is 126 cm³/mol. The van der Waals surface area contributed by atoms with Gasteiger partial charge in [0.25, 0.3) is 5.91 Å². The third-order valence-electron chi connectivity index (χ3n) is 6.49. The summed E-state index contributed by atoms with van der Waals surface area (Å²) < 4.78 is 1.74. The van der Waals surface area contributed by atoms with E-state index in [1.807, 2.05) is 49.2 Å². The van der Waals surface area contributed by atoms with Gasteiger partial charge in [-0.2, -0.15) is 5.10 Å². The van der Waals surface area contributed by atoms with E-state index in [0.717, 1.165) is 35.7 Å². The van der Waals surface area contributed by atoms with E-state index in [-0.39, 0.29) is 5.91 Å². The molecule has 7 heteroatoms. The van der Waals surface area contributed by atoms with Gasteiger partial charge in [0, 0.05) is 38.1 Å². The number of amidine groups is 1. The molecule has 1 fully saturated rings. The van der Waals surface area contributed by atoms with Gasteiger partial charge in [0.1, 0.15) is 5.84 Å². The van der Waals surface area contributed by atoms with Crippen molar-refractivity contribution in [3.05, 3.63) is 83.2 Å². The number of nitrogens with one attached hydrogen (secondary N) is 2. The van der Waals surface area contributed by atoms with Gasteiger partial charge in [0.15, 0.2) is 5.69 Å². The number of carbonyl (C=O) groups excluding carboxylic acids is 1. The molecule has 2 aliphatic heterocycles. The number of carbonyl (C=O) groups is 1. The molecule has 1 atom stereocenters. The Morgan fingerprint density at radius 2 is 1.94 bits per heavy atom. The summed E-state index contributed by atoms with van der Waals surface area (Å²) in [6.07, 6.45) is 0.791. The van der Waals surface area contributed by atoms with Crippen molar-refractivity contribution in [1.29, 1.82) is 0 Å². The number of likely N-dealkylation sites (tertiary alicyclic amines) is 1. The Morgan fingerprint density at radius 1 is 1.16 bits per heavy atom. The van der Waals surface area contributed by atoms with Crippen LogP contribution in [0, 0.1) is 6.92 Å². The van der Waals surface area contributed by atoms with Crippen molar-refractivity contribution in [2.24, 2.45) is 12.0 Å². The Morgan fingerprint density at radius 3 is 2.72 bits per heavy atom. The highest BCUT2D eigenvalue weighted by Gasteiger charge is 2.45. The lowest BCUT2D eigenvalue weighted by molar-refractivity contribution is 0.0779. The molecule has 0 aliphatic carbocycles. The van der Waals surface area contributed by atoms with E-state index in [4.69, 9.17) is 4.99 Å². The number of rotatable bonds is 3. The van der Waals surface area contributed by atoms with Crippen LogP contribution in [0.5, 0.6) is 0 Å². The Bertz CT molecular complexity index is 1150. The molecule has 3 aromatic rings. The first-order valence-corrected chi connectivity index (χ1v) is 11.0. The van der Waals surface area contributed by atoms with Crippen molar-refractivity contribution in [3.63, 3.8) is 0 Å². The Balaban J connectivity index is 1.45. The maximum atomic E-state index is 13.2. The summed E-state index contributed by atoms with van der Waals surface area (Å²) in [7, 11) is 1.86. The van der Waals surface area contributed by atoms with Crippen LogP contribution in [0.4, 0.5) is 5.69 Å². The molecule has 0 bridgehead atoms. The minimum Gasteiger partial charge on any atom is -0.342 e. The number of benzene rings is 2. The van der Waals surface area contributed by atoms with Crippen LogP contribution in [0.3, 0.4) is 0 Å². The summed E-state index contributed by atoms with van der Waals surface area (Å²) in [5, 5.41) is 11.7. The lowest BCUT2D eigenvalue weighted by Crippen LogP contribution is -2.55. The molecule has 7 nitrogen and oxygen atoms in total. The van der Waals surface area contributed by atoms with Crippen LogP contribution in [0.25, 0.3) is 0 Å². The molecule has 2 aromatic carbocycles. The minimum absolute atomic E-state index is 0.0310. The molecule has 1 spiro atoms. The number of aromatic nitrogens is 2. The quantitative estimate of drug-likeness (QED) is 0.672. The van der Waals surface area contributed by atoms with Gasteiger partial charge in [0.05, 0.1) is 12.1 Å². The molecule has 1 amide bonds. The van der Waals surface area contributed by atoms with Crippen LogP contribution in [-0.2, 0) is 20.1 Å². The zero-order valence-corrected chi connectivity index (χ0v) is 18.5. The maximum absolute atomic E-state index is 13.2. The Kier molecular flexibility index (Phi) is 5.27. The molecule has 164 valence electrons. The number of fused-ring (bicyclic) bond motifs is 1. The fourth-order valence-electron chi connectivity index (χ4n) is 4.48. The summed E-state index contributed by atoms with van der Waals surface area (Å²) in [6, 6.07) is 20.4. The molecular weight excluding hydrogens is 400 g/mol. The zero-order valence-electron chi connectivity index (χ0n) is 18.5. The Labute approximate surface area is 188 Å². The van der Waals surface area contributed by atoms with Gasteiger partial charge in [-0.3, -0.25) is 19.8 Å². The zero-order chi connectivity index (χ0) is 22.1. The largest absolute Gasteiger partial charge is 0.342 e. The average molecular weight is 429 g/mol. The average Bonchev–Trinajstić information content (AvgIpc) is 3.35. The van der Waals surface area contributed by atoms with Crippen molar-refractivity contribution in [1.82, 2.24) is 20.0 Å². The van der Waals surface area contributed by atoms with Crippen molar-refractivity contribution < 1.29 is 4.79 Å². The number of amides is 1. The van der Waals surface area contributed by atoms with Gasteiger partial charge in [0.2, 0.25) is 0 Å². The van der Waals surface area contributed by atoms with E-state index in [2.05, 4.69) is 46.1 Å². The maximum Gasteiger partial charge on any atom is 0.274 e. The number of aliphatic imine (C=N–C) groups is 1. The van der Waals surface area contributed by atoms with Gasteiger partial charge in [-0.05, 0) is 36.6 Å². The molecule has 0 radical (unpaired) electrons. The van der Waals surface area contributed by atoms with Gasteiger partial charge in [-0.1, -0.05) is 48.5 Å². The van der Waals surface area contributed by atoms with Crippen LogP contribution in [0.15, 0.2) is 65.7 Å². The molecule has 1 saturated heterocycles. The molecule has 3 heterocycles. The summed E-state index contributed by atoms with van der Waals surface area (Å²) in [4.78, 5) is 20.1. The second kappa shape index (κ2) is 8.24. The van der Waals surface area contributed by atoms with Crippen LogP contribution < -0.4 is 10.6 Å². The van der Waals surface area contributed by atoms with Crippen LogP contribution in [0.2, 0.25) is 0 Å². The summed E-state index contributed by atoms with van der Waals surface area (Å²) in [5.41, 5.74) is 4.46. The molecule has 1 aromatic heterocycles. The SMILES string of the molecule is Cc1cc(C(=O)N2CCC3(C2)NCc2ccccc2NC3=NCc2ccccc2)nn1C. The van der Waals surface area contributed by atoms with E-state index in [0.29, 0.717) is 25.3 Å². The van der Waals surface area contributed by atoms with Gasteiger partial charge in [-0.25, -0.2) is 0 Å². The van der Waals surface area contributed by atoms with Crippen LogP contribution in [-0.4, -0.2) is 45.1 Å². The second-order valence-electron chi connectivity index (χ2n) is 8.64. The molecule has 2 N–H and O–H groups in total. The number of hydrogen-bond donors (Lipinski definition) is 2. The highest BCUT2D eigenvalue weighted by molar-refractivity contribution is 6.05. The van der Waals surface area contributed by atoms with Crippen molar-refractivity contribution >= 4 is 17.4 Å². The normalized spacial score (nSPS) is 21.4. The summed E-state index contributed by atoms with van der Waals surface area (Å²) >= 11 is 0. The number of para-hydroxylation sites is 1. The van der Waals surface area contributed by atoms with Crippen molar-refractivity contribution in [2.45, 2.75) is 32.0 Å². The molecule has 2 aliphatic rings. The molecule has 32 heavy (non-hydrogen) atoms. The van der Waals surface area contributed by atoms with E-state index in [1.54, 1.807) is 4.68 Å². The number of nitrogens with zero attached hydrogens (tertiary/aromatic N) is 4. The standard InChI is InChI=1S/C25H28N6O/c1-18-14-22(29-30(18)2)23(32)31-13-12-25(17-31)24(26-15-19-8-4-3-5-9-19)28-21-11-7-6-10-20(21)16-27-25/h3-11,14,27H,12-13,15-17H2,1-2H3,(H,26,28). The van der Waals surface area contributed by atoms with E-state index < -0.39 is 5.54 Å². The fourth-order valence-corrected chi connectivity index (χ4v) is 4.48. The van der Waals surface area contributed by atoms with Gasteiger partial charge < -0.3 is 10.2 Å². The molecule has 0 saturated carbocycles. The number of aryl methyl sites for hydroxylation is 2. The Hall–Kier alpha value is -3.45. The van der Waals surface area contributed by atoms with E-state index >= 15 is 0 Å². The summed E-state index contributed by atoms with van der Waals surface area (Å²) in [5.74, 6) is 0.857. The lowest BCUT2D eigenvalue weighted by Gasteiger charge is -2.30. The van der Waals surface area contributed by atoms with Crippen LogP contribution >= 0.6 is 0 Å². The van der Waals surface area contributed by atoms with Crippen LogP contribution in [0.1, 0.15) is 33.7 Å². The van der Waals surface area contributed by atoms with Crippen molar-refractivity contribution in [3.8, 4) is 0 Å². The highest BCUT2D eigenvalue weighted by Crippen LogP contribution is 2.30.